The van der Waals surface area contributed by atoms with Crippen molar-refractivity contribution in [3.63, 3.8) is 0 Å². The first-order valence-corrected chi connectivity index (χ1v) is 5.77. The number of nitrogens with one attached hydrogen (secondary N) is 1. The standard InChI is InChI=1S/C11H23N3O/c1-4-5-6-13-10(15)9(2)14-7-11(3,12)8-14/h9H,4-8,12H2,1-3H3,(H,13,15). The van der Waals surface area contributed by atoms with Gasteiger partial charge in [0, 0.05) is 25.2 Å². The highest BCUT2D eigenvalue weighted by molar-refractivity contribution is 5.81. The first kappa shape index (κ1) is 12.5. The summed E-state index contributed by atoms with van der Waals surface area (Å²) in [4.78, 5) is 13.8. The third-order valence-corrected chi connectivity index (χ3v) is 2.89. The summed E-state index contributed by atoms with van der Waals surface area (Å²) >= 11 is 0. The van der Waals surface area contributed by atoms with Gasteiger partial charge in [-0.1, -0.05) is 13.3 Å². The second-order valence-corrected chi connectivity index (χ2v) is 4.88. The highest BCUT2D eigenvalue weighted by Gasteiger charge is 2.39. The fourth-order valence-electron chi connectivity index (χ4n) is 1.86. The molecule has 3 N–H and O–H groups in total. The maximum Gasteiger partial charge on any atom is 0.237 e. The Balaban J connectivity index is 2.22. The van der Waals surface area contributed by atoms with Gasteiger partial charge < -0.3 is 11.1 Å². The fraction of sp³-hybridized carbons (Fsp3) is 0.909. The van der Waals surface area contributed by atoms with E-state index in [1.54, 1.807) is 0 Å². The maximum atomic E-state index is 11.7. The molecular weight excluding hydrogens is 190 g/mol. The van der Waals surface area contributed by atoms with Gasteiger partial charge in [0.1, 0.15) is 0 Å². The van der Waals surface area contributed by atoms with Gasteiger partial charge in [-0.05, 0) is 20.3 Å². The van der Waals surface area contributed by atoms with E-state index in [0.717, 1.165) is 32.5 Å². The van der Waals surface area contributed by atoms with Crippen molar-refractivity contribution in [1.29, 1.82) is 0 Å². The van der Waals surface area contributed by atoms with Crippen molar-refractivity contribution in [1.82, 2.24) is 10.2 Å². The van der Waals surface area contributed by atoms with Crippen molar-refractivity contribution in [3.8, 4) is 0 Å². The summed E-state index contributed by atoms with van der Waals surface area (Å²) in [7, 11) is 0. The van der Waals surface area contributed by atoms with E-state index in [4.69, 9.17) is 5.73 Å². The third-order valence-electron chi connectivity index (χ3n) is 2.89. The SMILES string of the molecule is CCCCNC(=O)C(C)N1CC(C)(N)C1. The van der Waals surface area contributed by atoms with E-state index in [9.17, 15) is 4.79 Å². The van der Waals surface area contributed by atoms with Crippen LogP contribution in [0.15, 0.2) is 0 Å². The van der Waals surface area contributed by atoms with E-state index < -0.39 is 0 Å². The molecule has 1 amide bonds. The van der Waals surface area contributed by atoms with E-state index in [0.29, 0.717) is 0 Å². The van der Waals surface area contributed by atoms with Gasteiger partial charge in [-0.3, -0.25) is 9.69 Å². The number of rotatable bonds is 5. The number of unbranched alkanes of at least 4 members (excludes halogenated alkanes) is 1. The van der Waals surface area contributed by atoms with E-state index in [1.165, 1.54) is 0 Å². The molecule has 1 aliphatic heterocycles. The molecule has 1 atom stereocenters. The van der Waals surface area contributed by atoms with Gasteiger partial charge in [-0.15, -0.1) is 0 Å². The normalized spacial score (nSPS) is 21.9. The molecule has 0 saturated carbocycles. The lowest BCUT2D eigenvalue weighted by molar-refractivity contribution is -0.128. The zero-order valence-electron chi connectivity index (χ0n) is 10.0. The molecule has 0 bridgehead atoms. The molecule has 88 valence electrons. The Labute approximate surface area is 92.2 Å². The summed E-state index contributed by atoms with van der Waals surface area (Å²) in [5, 5.41) is 2.94. The first-order chi connectivity index (χ1) is 6.96. The van der Waals surface area contributed by atoms with E-state index in [1.807, 2.05) is 13.8 Å². The zero-order valence-corrected chi connectivity index (χ0v) is 10.0. The molecule has 0 aromatic carbocycles. The van der Waals surface area contributed by atoms with Crippen molar-refractivity contribution in [3.05, 3.63) is 0 Å². The molecule has 1 fully saturated rings. The first-order valence-electron chi connectivity index (χ1n) is 5.77. The van der Waals surface area contributed by atoms with Crippen LogP contribution in [0.1, 0.15) is 33.6 Å². The molecule has 1 rings (SSSR count). The average Bonchev–Trinajstić information content (AvgIpc) is 2.13. The van der Waals surface area contributed by atoms with Crippen molar-refractivity contribution < 1.29 is 4.79 Å². The van der Waals surface area contributed by atoms with Gasteiger partial charge in [-0.25, -0.2) is 0 Å². The van der Waals surface area contributed by atoms with Crippen molar-refractivity contribution in [2.75, 3.05) is 19.6 Å². The summed E-state index contributed by atoms with van der Waals surface area (Å²) < 4.78 is 0. The van der Waals surface area contributed by atoms with Crippen LogP contribution in [0.25, 0.3) is 0 Å². The summed E-state index contributed by atoms with van der Waals surface area (Å²) in [5.41, 5.74) is 5.80. The Morgan fingerprint density at radius 2 is 2.20 bits per heavy atom. The molecule has 1 unspecified atom stereocenters. The highest BCUT2D eigenvalue weighted by Crippen LogP contribution is 2.19. The quantitative estimate of drug-likeness (QED) is 0.647. The Kier molecular flexibility index (Phi) is 4.11. The molecule has 4 nitrogen and oxygen atoms in total. The minimum absolute atomic E-state index is 0.0431. The lowest BCUT2D eigenvalue weighted by atomic mass is 9.92. The van der Waals surface area contributed by atoms with Crippen molar-refractivity contribution in [2.24, 2.45) is 5.73 Å². The molecule has 1 heterocycles. The molecule has 15 heavy (non-hydrogen) atoms. The van der Waals surface area contributed by atoms with Gasteiger partial charge in [0.2, 0.25) is 5.91 Å². The maximum absolute atomic E-state index is 11.7. The Hall–Kier alpha value is -0.610. The highest BCUT2D eigenvalue weighted by atomic mass is 16.2. The number of carbonyl (C=O) groups excluding carboxylic acids is 1. The summed E-state index contributed by atoms with van der Waals surface area (Å²) in [6, 6.07) is -0.0431. The largest absolute Gasteiger partial charge is 0.355 e. The van der Waals surface area contributed by atoms with Gasteiger partial charge in [0.15, 0.2) is 0 Å². The predicted molar refractivity (Wildman–Crippen MR) is 61.5 cm³/mol. The molecule has 0 radical (unpaired) electrons. The molecule has 0 spiro atoms. The minimum Gasteiger partial charge on any atom is -0.355 e. The van der Waals surface area contributed by atoms with E-state index in [2.05, 4.69) is 17.1 Å². The average molecular weight is 213 g/mol. The number of carbonyl (C=O) groups is 1. The lowest BCUT2D eigenvalue weighted by Crippen LogP contribution is -2.69. The third kappa shape index (κ3) is 3.47. The van der Waals surface area contributed by atoms with Gasteiger partial charge in [0.25, 0.3) is 0 Å². The van der Waals surface area contributed by atoms with Crippen LogP contribution in [0, 0.1) is 0 Å². The number of amides is 1. The monoisotopic (exact) mass is 213 g/mol. The van der Waals surface area contributed by atoms with Crippen LogP contribution < -0.4 is 11.1 Å². The van der Waals surface area contributed by atoms with Gasteiger partial charge in [0.05, 0.1) is 6.04 Å². The summed E-state index contributed by atoms with van der Waals surface area (Å²) in [5.74, 6) is 0.124. The molecule has 0 aromatic heterocycles. The van der Waals surface area contributed by atoms with Crippen LogP contribution >= 0.6 is 0 Å². The number of nitrogens with two attached hydrogens (primary N) is 1. The van der Waals surface area contributed by atoms with Crippen LogP contribution in [0.4, 0.5) is 0 Å². The Bertz CT molecular complexity index is 220. The smallest absolute Gasteiger partial charge is 0.237 e. The van der Waals surface area contributed by atoms with Crippen molar-refractivity contribution in [2.45, 2.75) is 45.2 Å². The molecule has 1 aliphatic rings. The summed E-state index contributed by atoms with van der Waals surface area (Å²) in [6.45, 7) is 8.49. The number of nitrogens with zero attached hydrogens (tertiary/aromatic N) is 1. The van der Waals surface area contributed by atoms with Crippen LogP contribution in [0.2, 0.25) is 0 Å². The van der Waals surface area contributed by atoms with E-state index >= 15 is 0 Å². The minimum atomic E-state index is -0.0992. The zero-order chi connectivity index (χ0) is 11.5. The molecule has 4 heteroatoms. The van der Waals surface area contributed by atoms with Crippen LogP contribution in [-0.2, 0) is 4.79 Å². The number of hydrogen-bond acceptors (Lipinski definition) is 3. The molecular formula is C11H23N3O. The van der Waals surface area contributed by atoms with Crippen LogP contribution in [0.5, 0.6) is 0 Å². The number of hydrogen-bond donors (Lipinski definition) is 2. The Morgan fingerprint density at radius 1 is 1.60 bits per heavy atom. The molecule has 0 aromatic rings. The lowest BCUT2D eigenvalue weighted by Gasteiger charge is -2.47. The van der Waals surface area contributed by atoms with Crippen molar-refractivity contribution >= 4 is 5.91 Å². The second-order valence-electron chi connectivity index (χ2n) is 4.88. The molecule has 0 aliphatic carbocycles. The van der Waals surface area contributed by atoms with Crippen LogP contribution in [-0.4, -0.2) is 42.0 Å². The topological polar surface area (TPSA) is 58.4 Å². The number of likely N-dealkylation sites (tertiary alicyclic amines) is 1. The Morgan fingerprint density at radius 3 is 2.67 bits per heavy atom. The van der Waals surface area contributed by atoms with Gasteiger partial charge >= 0.3 is 0 Å². The predicted octanol–water partition coefficient (Wildman–Crippen LogP) is 0.324. The van der Waals surface area contributed by atoms with Gasteiger partial charge in [-0.2, -0.15) is 0 Å². The van der Waals surface area contributed by atoms with E-state index in [-0.39, 0.29) is 17.5 Å². The molecule has 1 saturated heterocycles. The second kappa shape index (κ2) is 4.94. The summed E-state index contributed by atoms with van der Waals surface area (Å²) in [6.07, 6.45) is 2.16. The fourth-order valence-corrected chi connectivity index (χ4v) is 1.86. The van der Waals surface area contributed by atoms with Crippen LogP contribution in [0.3, 0.4) is 0 Å².